The minimum atomic E-state index is -0.188. The Morgan fingerprint density at radius 3 is 2.21 bits per heavy atom. The van der Waals surface area contributed by atoms with Crippen LogP contribution in [0.2, 0.25) is 0 Å². The predicted octanol–water partition coefficient (Wildman–Crippen LogP) is 1.27. The molecule has 1 saturated heterocycles. The van der Waals surface area contributed by atoms with E-state index in [-0.39, 0.29) is 5.79 Å². The van der Waals surface area contributed by atoms with Gasteiger partial charge in [0.25, 0.3) is 0 Å². The molecule has 0 amide bonds. The lowest BCUT2D eigenvalue weighted by atomic mass is 9.81. The number of rotatable bonds is 1. The first kappa shape index (κ1) is 9.13. The Hall–Kier alpha value is -0.120. The van der Waals surface area contributed by atoms with Gasteiger partial charge in [-0.25, -0.2) is 0 Å². The first-order chi connectivity index (χ1) is 6.79. The Bertz CT molecular complexity index is 225. The zero-order chi connectivity index (χ0) is 9.65. The lowest BCUT2D eigenvalue weighted by Crippen LogP contribution is -2.36. The zero-order valence-electron chi connectivity index (χ0n) is 8.63. The van der Waals surface area contributed by atoms with Gasteiger partial charge in [0.1, 0.15) is 0 Å². The summed E-state index contributed by atoms with van der Waals surface area (Å²) < 4.78 is 11.4. The van der Waals surface area contributed by atoms with E-state index >= 15 is 0 Å². The summed E-state index contributed by atoms with van der Waals surface area (Å²) in [5, 5.41) is 0. The normalized spacial score (nSPS) is 37.9. The molecule has 1 aliphatic heterocycles. The summed E-state index contributed by atoms with van der Waals surface area (Å²) in [6.07, 6.45) is 6.04. The summed E-state index contributed by atoms with van der Waals surface area (Å²) in [5.74, 6) is 0.605. The fourth-order valence-electron chi connectivity index (χ4n) is 3.29. The van der Waals surface area contributed by atoms with Gasteiger partial charge in [-0.05, 0) is 37.1 Å². The van der Waals surface area contributed by atoms with Crippen LogP contribution in [0.1, 0.15) is 32.1 Å². The highest BCUT2D eigenvalue weighted by Crippen LogP contribution is 2.62. The SMILES string of the molecule is NCC1CC12CCC1(CC2)OCCO1. The average molecular weight is 197 g/mol. The lowest BCUT2D eigenvalue weighted by molar-refractivity contribution is -0.185. The largest absolute Gasteiger partial charge is 0.348 e. The van der Waals surface area contributed by atoms with Crippen molar-refractivity contribution in [3.63, 3.8) is 0 Å². The smallest absolute Gasteiger partial charge is 0.168 e. The van der Waals surface area contributed by atoms with Crippen LogP contribution >= 0.6 is 0 Å². The minimum Gasteiger partial charge on any atom is -0.348 e. The molecule has 3 aliphatic rings. The molecule has 3 rings (SSSR count). The fraction of sp³-hybridized carbons (Fsp3) is 1.00. The van der Waals surface area contributed by atoms with Crippen LogP contribution in [-0.4, -0.2) is 25.5 Å². The summed E-state index contributed by atoms with van der Waals surface area (Å²) in [7, 11) is 0. The molecule has 1 unspecified atom stereocenters. The molecule has 2 aliphatic carbocycles. The highest BCUT2D eigenvalue weighted by Gasteiger charge is 2.57. The summed E-state index contributed by atoms with van der Waals surface area (Å²) in [4.78, 5) is 0. The second-order valence-corrected chi connectivity index (χ2v) is 5.11. The molecule has 3 heteroatoms. The van der Waals surface area contributed by atoms with Crippen molar-refractivity contribution >= 4 is 0 Å². The molecule has 3 nitrogen and oxygen atoms in total. The molecule has 0 aromatic heterocycles. The van der Waals surface area contributed by atoms with Crippen molar-refractivity contribution in [2.75, 3.05) is 19.8 Å². The molecule has 0 radical (unpaired) electrons. The van der Waals surface area contributed by atoms with Crippen molar-refractivity contribution in [1.82, 2.24) is 0 Å². The first-order valence-electron chi connectivity index (χ1n) is 5.77. The van der Waals surface area contributed by atoms with Crippen LogP contribution in [0.3, 0.4) is 0 Å². The Morgan fingerprint density at radius 1 is 1.07 bits per heavy atom. The maximum atomic E-state index is 5.72. The van der Waals surface area contributed by atoms with Crippen LogP contribution in [0, 0.1) is 11.3 Å². The van der Waals surface area contributed by atoms with Crippen molar-refractivity contribution in [2.24, 2.45) is 17.1 Å². The average Bonchev–Trinajstić information content (AvgIpc) is 2.72. The molecule has 14 heavy (non-hydrogen) atoms. The summed E-state index contributed by atoms with van der Waals surface area (Å²) in [6, 6.07) is 0. The van der Waals surface area contributed by atoms with Gasteiger partial charge in [-0.15, -0.1) is 0 Å². The Labute approximate surface area is 84.9 Å². The fourth-order valence-corrected chi connectivity index (χ4v) is 3.29. The van der Waals surface area contributed by atoms with Crippen LogP contribution in [0.25, 0.3) is 0 Å². The maximum absolute atomic E-state index is 5.72. The molecule has 1 atom stereocenters. The number of hydrogen-bond donors (Lipinski definition) is 1. The van der Waals surface area contributed by atoms with E-state index in [0.717, 1.165) is 38.5 Å². The van der Waals surface area contributed by atoms with E-state index in [1.165, 1.54) is 19.3 Å². The maximum Gasteiger partial charge on any atom is 0.168 e. The topological polar surface area (TPSA) is 44.5 Å². The molecule has 0 aromatic carbocycles. The van der Waals surface area contributed by atoms with E-state index in [1.54, 1.807) is 0 Å². The van der Waals surface area contributed by atoms with E-state index in [1.807, 2.05) is 0 Å². The quantitative estimate of drug-likeness (QED) is 0.688. The van der Waals surface area contributed by atoms with Crippen LogP contribution < -0.4 is 5.73 Å². The van der Waals surface area contributed by atoms with Gasteiger partial charge in [0.05, 0.1) is 13.2 Å². The van der Waals surface area contributed by atoms with Gasteiger partial charge in [-0.2, -0.15) is 0 Å². The van der Waals surface area contributed by atoms with Crippen LogP contribution in [0.4, 0.5) is 0 Å². The molecule has 0 bridgehead atoms. The number of ether oxygens (including phenoxy) is 2. The van der Waals surface area contributed by atoms with Gasteiger partial charge in [-0.3, -0.25) is 0 Å². The van der Waals surface area contributed by atoms with E-state index in [2.05, 4.69) is 0 Å². The first-order valence-corrected chi connectivity index (χ1v) is 5.77. The Balaban J connectivity index is 1.63. The predicted molar refractivity (Wildman–Crippen MR) is 52.7 cm³/mol. The summed E-state index contributed by atoms with van der Waals surface area (Å²) in [5.41, 5.74) is 6.31. The molecule has 1 heterocycles. The molecule has 3 fully saturated rings. The van der Waals surface area contributed by atoms with Gasteiger partial charge in [0, 0.05) is 12.8 Å². The third kappa shape index (κ3) is 1.23. The molecule has 2 spiro atoms. The van der Waals surface area contributed by atoms with Crippen molar-refractivity contribution < 1.29 is 9.47 Å². The van der Waals surface area contributed by atoms with E-state index in [4.69, 9.17) is 15.2 Å². The van der Waals surface area contributed by atoms with Crippen LogP contribution in [0.5, 0.6) is 0 Å². The molecule has 2 N–H and O–H groups in total. The number of nitrogens with two attached hydrogens (primary N) is 1. The second kappa shape index (κ2) is 2.94. The van der Waals surface area contributed by atoms with Crippen molar-refractivity contribution in [3.8, 4) is 0 Å². The minimum absolute atomic E-state index is 0.188. The second-order valence-electron chi connectivity index (χ2n) is 5.11. The van der Waals surface area contributed by atoms with Crippen molar-refractivity contribution in [3.05, 3.63) is 0 Å². The van der Waals surface area contributed by atoms with Gasteiger partial charge in [-0.1, -0.05) is 0 Å². The monoisotopic (exact) mass is 197 g/mol. The summed E-state index contributed by atoms with van der Waals surface area (Å²) >= 11 is 0. The molecule has 80 valence electrons. The zero-order valence-corrected chi connectivity index (χ0v) is 8.63. The number of hydrogen-bond acceptors (Lipinski definition) is 3. The highest BCUT2D eigenvalue weighted by atomic mass is 16.7. The van der Waals surface area contributed by atoms with Crippen LogP contribution in [0.15, 0.2) is 0 Å². The van der Waals surface area contributed by atoms with E-state index in [0.29, 0.717) is 5.41 Å². The Morgan fingerprint density at radius 2 is 1.71 bits per heavy atom. The molecular formula is C11H19NO2. The van der Waals surface area contributed by atoms with Gasteiger partial charge >= 0.3 is 0 Å². The van der Waals surface area contributed by atoms with Crippen molar-refractivity contribution in [2.45, 2.75) is 37.9 Å². The Kier molecular flexibility index (Phi) is 1.92. The highest BCUT2D eigenvalue weighted by molar-refractivity contribution is 5.06. The lowest BCUT2D eigenvalue weighted by Gasteiger charge is -2.36. The third-order valence-electron chi connectivity index (χ3n) is 4.46. The van der Waals surface area contributed by atoms with Gasteiger partial charge in [0.15, 0.2) is 5.79 Å². The van der Waals surface area contributed by atoms with Crippen LogP contribution in [-0.2, 0) is 9.47 Å². The molecule has 2 saturated carbocycles. The van der Waals surface area contributed by atoms with Crippen molar-refractivity contribution in [1.29, 1.82) is 0 Å². The van der Waals surface area contributed by atoms with E-state index in [9.17, 15) is 0 Å². The standard InChI is InChI=1S/C11H19NO2/c12-8-9-7-10(9)1-3-11(4-2-10)13-5-6-14-11/h9H,1-8,12H2. The van der Waals surface area contributed by atoms with E-state index < -0.39 is 0 Å². The van der Waals surface area contributed by atoms with Gasteiger partial charge < -0.3 is 15.2 Å². The molecular weight excluding hydrogens is 178 g/mol. The third-order valence-corrected chi connectivity index (χ3v) is 4.46. The van der Waals surface area contributed by atoms with Gasteiger partial charge in [0.2, 0.25) is 0 Å². The molecule has 0 aromatic rings. The summed E-state index contributed by atoms with van der Waals surface area (Å²) in [6.45, 7) is 2.44.